The molecule has 1 fully saturated rings. The molecule has 1 aliphatic rings. The maximum Gasteiger partial charge on any atom is 0.0907 e. The van der Waals surface area contributed by atoms with E-state index in [1.54, 1.807) is 11.3 Å². The Balaban J connectivity index is 1.80. The van der Waals surface area contributed by atoms with Crippen molar-refractivity contribution < 1.29 is 0 Å². The maximum atomic E-state index is 5.92. The summed E-state index contributed by atoms with van der Waals surface area (Å²) in [6, 6.07) is 7.32. The van der Waals surface area contributed by atoms with E-state index in [-0.39, 0.29) is 0 Å². The molecule has 4 heteroatoms. The third-order valence-corrected chi connectivity index (χ3v) is 4.27. The van der Waals surface area contributed by atoms with Crippen molar-refractivity contribution in [2.24, 2.45) is 5.73 Å². The van der Waals surface area contributed by atoms with Gasteiger partial charge in [-0.2, -0.15) is 0 Å². The minimum atomic E-state index is 0.377. The standard InChI is InChI=1S/C13H17N3S/c1-8-15-12-5-4-11(7-13(12)17-8)16-10-3-2-9(14)6-10/h4-5,7,9-10,16H,2-3,6,14H2,1H3. The van der Waals surface area contributed by atoms with E-state index in [2.05, 4.69) is 28.5 Å². The van der Waals surface area contributed by atoms with Crippen LogP contribution in [0.25, 0.3) is 10.2 Å². The number of rotatable bonds is 2. The first-order valence-electron chi connectivity index (χ1n) is 6.10. The molecule has 0 amide bonds. The van der Waals surface area contributed by atoms with Crippen molar-refractivity contribution >= 4 is 27.2 Å². The molecule has 2 aromatic rings. The fraction of sp³-hybridized carbons (Fsp3) is 0.462. The van der Waals surface area contributed by atoms with Crippen LogP contribution in [0.2, 0.25) is 0 Å². The van der Waals surface area contributed by atoms with Crippen LogP contribution in [-0.2, 0) is 0 Å². The molecule has 1 aromatic heterocycles. The number of anilines is 1. The third kappa shape index (κ3) is 2.28. The third-order valence-electron chi connectivity index (χ3n) is 3.34. The molecule has 2 atom stereocenters. The molecule has 0 radical (unpaired) electrons. The zero-order chi connectivity index (χ0) is 11.8. The van der Waals surface area contributed by atoms with Crippen molar-refractivity contribution in [3.8, 4) is 0 Å². The van der Waals surface area contributed by atoms with Gasteiger partial charge in [0, 0.05) is 17.8 Å². The van der Waals surface area contributed by atoms with E-state index < -0.39 is 0 Å². The number of fused-ring (bicyclic) bond motifs is 1. The Morgan fingerprint density at radius 2 is 2.29 bits per heavy atom. The molecule has 1 aliphatic carbocycles. The molecule has 3 rings (SSSR count). The van der Waals surface area contributed by atoms with Crippen molar-refractivity contribution in [1.82, 2.24) is 4.98 Å². The van der Waals surface area contributed by atoms with Crippen LogP contribution in [0.5, 0.6) is 0 Å². The molecule has 0 saturated heterocycles. The largest absolute Gasteiger partial charge is 0.382 e. The van der Waals surface area contributed by atoms with E-state index in [4.69, 9.17) is 5.73 Å². The van der Waals surface area contributed by atoms with E-state index in [1.807, 2.05) is 6.92 Å². The number of hydrogen-bond donors (Lipinski definition) is 2. The maximum absolute atomic E-state index is 5.92. The van der Waals surface area contributed by atoms with Crippen molar-refractivity contribution in [1.29, 1.82) is 0 Å². The van der Waals surface area contributed by atoms with E-state index >= 15 is 0 Å². The number of hydrogen-bond acceptors (Lipinski definition) is 4. The van der Waals surface area contributed by atoms with Gasteiger partial charge in [-0.1, -0.05) is 0 Å². The summed E-state index contributed by atoms with van der Waals surface area (Å²) in [6.45, 7) is 2.05. The van der Waals surface area contributed by atoms with Gasteiger partial charge < -0.3 is 11.1 Å². The molecule has 1 aromatic carbocycles. The molecule has 1 saturated carbocycles. The highest BCUT2D eigenvalue weighted by Crippen LogP contribution is 2.27. The summed E-state index contributed by atoms with van der Waals surface area (Å²) >= 11 is 1.75. The summed E-state index contributed by atoms with van der Waals surface area (Å²) < 4.78 is 1.26. The van der Waals surface area contributed by atoms with Crippen molar-refractivity contribution in [2.45, 2.75) is 38.3 Å². The van der Waals surface area contributed by atoms with Gasteiger partial charge in [-0.3, -0.25) is 0 Å². The summed E-state index contributed by atoms with van der Waals surface area (Å²) in [5.74, 6) is 0. The van der Waals surface area contributed by atoms with Gasteiger partial charge >= 0.3 is 0 Å². The quantitative estimate of drug-likeness (QED) is 0.858. The fourth-order valence-corrected chi connectivity index (χ4v) is 3.38. The van der Waals surface area contributed by atoms with Crippen molar-refractivity contribution in [3.63, 3.8) is 0 Å². The van der Waals surface area contributed by atoms with Crippen LogP contribution >= 0.6 is 11.3 Å². The van der Waals surface area contributed by atoms with Crippen LogP contribution < -0.4 is 11.1 Å². The van der Waals surface area contributed by atoms with Gasteiger partial charge in [0.25, 0.3) is 0 Å². The monoisotopic (exact) mass is 247 g/mol. The summed E-state index contributed by atoms with van der Waals surface area (Å²) in [7, 11) is 0. The smallest absolute Gasteiger partial charge is 0.0907 e. The lowest BCUT2D eigenvalue weighted by Crippen LogP contribution is -2.20. The van der Waals surface area contributed by atoms with Crippen molar-refractivity contribution in [2.75, 3.05) is 5.32 Å². The molecule has 2 unspecified atom stereocenters. The molecule has 3 N–H and O–H groups in total. The lowest BCUT2D eigenvalue weighted by atomic mass is 10.2. The fourth-order valence-electron chi connectivity index (χ4n) is 2.51. The molecule has 1 heterocycles. The Labute approximate surface area is 105 Å². The summed E-state index contributed by atoms with van der Waals surface area (Å²) in [5, 5.41) is 4.70. The van der Waals surface area contributed by atoms with Crippen LogP contribution in [0.1, 0.15) is 24.3 Å². The predicted octanol–water partition coefficient (Wildman–Crippen LogP) is 2.90. The van der Waals surface area contributed by atoms with Crippen LogP contribution in [0.3, 0.4) is 0 Å². The molecular formula is C13H17N3S. The number of benzene rings is 1. The van der Waals surface area contributed by atoms with Gasteiger partial charge in [0.05, 0.1) is 15.2 Å². The number of nitrogens with one attached hydrogen (secondary N) is 1. The van der Waals surface area contributed by atoms with Crippen LogP contribution in [0.4, 0.5) is 5.69 Å². The van der Waals surface area contributed by atoms with Gasteiger partial charge in [0.1, 0.15) is 0 Å². The Morgan fingerprint density at radius 1 is 1.41 bits per heavy atom. The van der Waals surface area contributed by atoms with E-state index in [9.17, 15) is 0 Å². The molecular weight excluding hydrogens is 230 g/mol. The molecule has 0 spiro atoms. The zero-order valence-electron chi connectivity index (χ0n) is 9.94. The molecule has 17 heavy (non-hydrogen) atoms. The Morgan fingerprint density at radius 3 is 3.06 bits per heavy atom. The van der Waals surface area contributed by atoms with E-state index in [1.165, 1.54) is 16.8 Å². The van der Waals surface area contributed by atoms with Gasteiger partial charge in [-0.15, -0.1) is 11.3 Å². The SMILES string of the molecule is Cc1nc2ccc(NC3CCC(N)C3)cc2s1. The Hall–Kier alpha value is -1.13. The summed E-state index contributed by atoms with van der Waals surface area (Å²) in [6.07, 6.45) is 3.40. The highest BCUT2D eigenvalue weighted by Gasteiger charge is 2.21. The van der Waals surface area contributed by atoms with Gasteiger partial charge in [-0.25, -0.2) is 4.98 Å². The molecule has 90 valence electrons. The highest BCUT2D eigenvalue weighted by molar-refractivity contribution is 7.18. The first-order valence-corrected chi connectivity index (χ1v) is 6.91. The number of aryl methyl sites for hydroxylation is 1. The van der Waals surface area contributed by atoms with Crippen LogP contribution in [0, 0.1) is 6.92 Å². The average molecular weight is 247 g/mol. The number of aromatic nitrogens is 1. The van der Waals surface area contributed by atoms with Gasteiger partial charge in [0.2, 0.25) is 0 Å². The second kappa shape index (κ2) is 4.27. The van der Waals surface area contributed by atoms with Gasteiger partial charge in [-0.05, 0) is 44.4 Å². The number of nitrogens with zero attached hydrogens (tertiary/aromatic N) is 1. The minimum absolute atomic E-state index is 0.377. The zero-order valence-corrected chi connectivity index (χ0v) is 10.8. The van der Waals surface area contributed by atoms with Gasteiger partial charge in [0.15, 0.2) is 0 Å². The lowest BCUT2D eigenvalue weighted by molar-refractivity contribution is 0.688. The molecule has 0 bridgehead atoms. The predicted molar refractivity (Wildman–Crippen MR) is 73.6 cm³/mol. The lowest BCUT2D eigenvalue weighted by Gasteiger charge is -2.13. The van der Waals surface area contributed by atoms with E-state index in [0.29, 0.717) is 12.1 Å². The number of nitrogens with two attached hydrogens (primary N) is 1. The second-order valence-electron chi connectivity index (χ2n) is 4.83. The number of thiazole rings is 1. The first kappa shape index (κ1) is 11.0. The summed E-state index contributed by atoms with van der Waals surface area (Å²) in [5.41, 5.74) is 8.22. The van der Waals surface area contributed by atoms with Crippen molar-refractivity contribution in [3.05, 3.63) is 23.2 Å². The van der Waals surface area contributed by atoms with E-state index in [0.717, 1.165) is 23.4 Å². The second-order valence-corrected chi connectivity index (χ2v) is 6.06. The molecule has 3 nitrogen and oxygen atoms in total. The average Bonchev–Trinajstić information content (AvgIpc) is 2.83. The topological polar surface area (TPSA) is 50.9 Å². The summed E-state index contributed by atoms with van der Waals surface area (Å²) in [4.78, 5) is 4.47. The minimum Gasteiger partial charge on any atom is -0.382 e. The Bertz CT molecular complexity index is 534. The highest BCUT2D eigenvalue weighted by atomic mass is 32.1. The Kier molecular flexibility index (Phi) is 2.76. The first-order chi connectivity index (χ1) is 8.20. The van der Waals surface area contributed by atoms with Crippen LogP contribution in [0.15, 0.2) is 18.2 Å². The van der Waals surface area contributed by atoms with Crippen LogP contribution in [-0.4, -0.2) is 17.1 Å². The molecule has 0 aliphatic heterocycles. The normalized spacial score (nSPS) is 24.4.